The van der Waals surface area contributed by atoms with Crippen LogP contribution in [0.2, 0.25) is 0 Å². The van der Waals surface area contributed by atoms with E-state index in [-0.39, 0.29) is 5.91 Å². The Morgan fingerprint density at radius 2 is 2.14 bits per heavy atom. The normalized spacial score (nSPS) is 15.1. The van der Waals surface area contributed by atoms with Crippen LogP contribution in [-0.4, -0.2) is 33.9 Å². The molecular formula is C22H21N3O3. The summed E-state index contributed by atoms with van der Waals surface area (Å²) in [6, 6.07) is 9.70. The largest absolute Gasteiger partial charge is 0.493 e. The van der Waals surface area contributed by atoms with E-state index in [4.69, 9.17) is 9.15 Å². The first-order valence-electron chi connectivity index (χ1n) is 9.67. The van der Waals surface area contributed by atoms with Gasteiger partial charge in [-0.05, 0) is 41.8 Å². The van der Waals surface area contributed by atoms with Crippen LogP contribution >= 0.6 is 0 Å². The van der Waals surface area contributed by atoms with E-state index in [9.17, 15) is 4.79 Å². The number of aromatic nitrogens is 2. The number of nitrogens with zero attached hydrogens (tertiary/aromatic N) is 3. The van der Waals surface area contributed by atoms with Crippen molar-refractivity contribution in [2.24, 2.45) is 0 Å². The number of carbonyl (C=O) groups is 1. The van der Waals surface area contributed by atoms with Gasteiger partial charge in [-0.15, -0.1) is 0 Å². The minimum absolute atomic E-state index is 0.0419. The zero-order valence-electron chi connectivity index (χ0n) is 15.6. The molecule has 2 aliphatic heterocycles. The molecule has 0 radical (unpaired) electrons. The lowest BCUT2D eigenvalue weighted by Crippen LogP contribution is -2.35. The third-order valence-electron chi connectivity index (χ3n) is 5.35. The van der Waals surface area contributed by atoms with E-state index in [1.807, 2.05) is 35.4 Å². The van der Waals surface area contributed by atoms with E-state index in [1.54, 1.807) is 6.20 Å². The number of hydrogen-bond acceptors (Lipinski definition) is 5. The lowest BCUT2D eigenvalue weighted by Gasteiger charge is -2.25. The number of rotatable bonds is 4. The van der Waals surface area contributed by atoms with Gasteiger partial charge >= 0.3 is 0 Å². The highest BCUT2D eigenvalue weighted by Crippen LogP contribution is 2.27. The molecule has 2 aromatic heterocycles. The molecule has 0 spiro atoms. The highest BCUT2D eigenvalue weighted by atomic mass is 16.5. The van der Waals surface area contributed by atoms with E-state index in [0.717, 1.165) is 53.5 Å². The Morgan fingerprint density at radius 1 is 1.18 bits per heavy atom. The number of fused-ring (bicyclic) bond motifs is 2. The maximum Gasteiger partial charge on any atom is 0.254 e. The second-order valence-corrected chi connectivity index (χ2v) is 7.24. The lowest BCUT2D eigenvalue weighted by atomic mass is 10.1. The molecule has 0 atom stereocenters. The first-order chi connectivity index (χ1) is 13.8. The van der Waals surface area contributed by atoms with Crippen LogP contribution in [0.4, 0.5) is 0 Å². The summed E-state index contributed by atoms with van der Waals surface area (Å²) in [4.78, 5) is 23.6. The zero-order chi connectivity index (χ0) is 18.9. The van der Waals surface area contributed by atoms with Gasteiger partial charge in [0.2, 0.25) is 0 Å². The molecule has 0 saturated carbocycles. The summed E-state index contributed by atoms with van der Waals surface area (Å²) in [6.07, 6.45) is 6.78. The van der Waals surface area contributed by atoms with Gasteiger partial charge in [0.1, 0.15) is 17.2 Å². The molecule has 6 heteroatoms. The lowest BCUT2D eigenvalue weighted by molar-refractivity contribution is 0.0728. The maximum absolute atomic E-state index is 12.9. The summed E-state index contributed by atoms with van der Waals surface area (Å²) in [6.45, 7) is 1.84. The molecule has 5 rings (SSSR count). The second kappa shape index (κ2) is 7.11. The second-order valence-electron chi connectivity index (χ2n) is 7.24. The van der Waals surface area contributed by atoms with Crippen molar-refractivity contribution in [2.45, 2.75) is 32.2 Å². The van der Waals surface area contributed by atoms with Gasteiger partial charge < -0.3 is 14.1 Å². The van der Waals surface area contributed by atoms with Crippen molar-refractivity contribution in [3.05, 3.63) is 76.8 Å². The Morgan fingerprint density at radius 3 is 3.04 bits per heavy atom. The molecule has 1 aromatic carbocycles. The van der Waals surface area contributed by atoms with E-state index in [2.05, 4.69) is 16.0 Å². The highest BCUT2D eigenvalue weighted by molar-refractivity contribution is 5.94. The van der Waals surface area contributed by atoms with E-state index >= 15 is 0 Å². The molecule has 2 aliphatic rings. The Balaban J connectivity index is 1.27. The molecule has 0 aliphatic carbocycles. The number of ether oxygens (including phenoxy) is 1. The molecule has 0 bridgehead atoms. The Labute approximate surface area is 163 Å². The fraction of sp³-hybridized carbons (Fsp3) is 0.318. The monoisotopic (exact) mass is 375 g/mol. The van der Waals surface area contributed by atoms with Gasteiger partial charge in [0, 0.05) is 43.8 Å². The standard InChI is InChI=1S/C22H21N3O3/c26-22(17-4-5-19-16(12-17)8-11-27-19)25-10-7-20-18(14-25)24-21(28-20)6-3-15-2-1-9-23-13-15/h1-2,4-5,9,12-13H,3,6-8,10-11,14H2. The van der Waals surface area contributed by atoms with Crippen LogP contribution in [-0.2, 0) is 32.2 Å². The van der Waals surface area contributed by atoms with Crippen LogP contribution in [0.1, 0.15) is 38.8 Å². The van der Waals surface area contributed by atoms with Gasteiger partial charge in [0.05, 0.1) is 13.2 Å². The molecule has 6 nitrogen and oxygen atoms in total. The maximum atomic E-state index is 12.9. The molecule has 3 aromatic rings. The fourth-order valence-corrected chi connectivity index (χ4v) is 3.83. The van der Waals surface area contributed by atoms with E-state index in [1.165, 1.54) is 0 Å². The minimum atomic E-state index is 0.0419. The first-order valence-corrected chi connectivity index (χ1v) is 9.67. The Bertz CT molecular complexity index is 1010. The number of pyridine rings is 1. The van der Waals surface area contributed by atoms with Crippen LogP contribution in [0.5, 0.6) is 5.75 Å². The molecule has 28 heavy (non-hydrogen) atoms. The molecule has 0 saturated heterocycles. The topological polar surface area (TPSA) is 68.5 Å². The number of benzene rings is 1. The summed E-state index contributed by atoms with van der Waals surface area (Å²) >= 11 is 0. The number of amides is 1. The van der Waals surface area contributed by atoms with Crippen LogP contribution in [0, 0.1) is 0 Å². The zero-order valence-corrected chi connectivity index (χ0v) is 15.6. The first kappa shape index (κ1) is 17.0. The predicted octanol–water partition coefficient (Wildman–Crippen LogP) is 2.99. The number of hydrogen-bond donors (Lipinski definition) is 0. The van der Waals surface area contributed by atoms with Crippen molar-refractivity contribution >= 4 is 5.91 Å². The van der Waals surface area contributed by atoms with Gasteiger partial charge in [-0.3, -0.25) is 9.78 Å². The molecule has 0 N–H and O–H groups in total. The third-order valence-corrected chi connectivity index (χ3v) is 5.35. The van der Waals surface area contributed by atoms with Crippen molar-refractivity contribution in [1.29, 1.82) is 0 Å². The van der Waals surface area contributed by atoms with Gasteiger partial charge in [-0.25, -0.2) is 4.98 Å². The Kier molecular flexibility index (Phi) is 4.31. The van der Waals surface area contributed by atoms with E-state index in [0.29, 0.717) is 31.7 Å². The molecule has 0 unspecified atom stereocenters. The summed E-state index contributed by atoms with van der Waals surface area (Å²) in [5, 5.41) is 0. The summed E-state index contributed by atoms with van der Waals surface area (Å²) in [5.41, 5.74) is 3.87. The Hall–Kier alpha value is -3.15. The van der Waals surface area contributed by atoms with Crippen molar-refractivity contribution in [3.8, 4) is 5.75 Å². The SMILES string of the molecule is O=C(c1ccc2c(c1)CCO2)N1CCc2oc(CCc3cccnc3)nc2C1. The van der Waals surface area contributed by atoms with Crippen LogP contribution < -0.4 is 4.74 Å². The van der Waals surface area contributed by atoms with Crippen LogP contribution in [0.15, 0.2) is 47.1 Å². The minimum Gasteiger partial charge on any atom is -0.493 e. The third kappa shape index (κ3) is 3.26. The van der Waals surface area contributed by atoms with Gasteiger partial charge in [0.15, 0.2) is 5.89 Å². The van der Waals surface area contributed by atoms with Crippen molar-refractivity contribution < 1.29 is 13.9 Å². The number of oxazole rings is 1. The predicted molar refractivity (Wildman–Crippen MR) is 102 cm³/mol. The van der Waals surface area contributed by atoms with Gasteiger partial charge in [-0.1, -0.05) is 6.07 Å². The number of carbonyl (C=O) groups excluding carboxylic acids is 1. The van der Waals surface area contributed by atoms with Gasteiger partial charge in [-0.2, -0.15) is 0 Å². The van der Waals surface area contributed by atoms with Crippen molar-refractivity contribution in [3.63, 3.8) is 0 Å². The quantitative estimate of drug-likeness (QED) is 0.701. The summed E-state index contributed by atoms with van der Waals surface area (Å²) in [7, 11) is 0. The highest BCUT2D eigenvalue weighted by Gasteiger charge is 2.27. The summed E-state index contributed by atoms with van der Waals surface area (Å²) in [5.74, 6) is 2.58. The summed E-state index contributed by atoms with van der Waals surface area (Å²) < 4.78 is 11.5. The van der Waals surface area contributed by atoms with Crippen molar-refractivity contribution in [2.75, 3.05) is 13.2 Å². The smallest absolute Gasteiger partial charge is 0.254 e. The molecule has 0 fully saturated rings. The van der Waals surface area contributed by atoms with Crippen LogP contribution in [0.25, 0.3) is 0 Å². The fourth-order valence-electron chi connectivity index (χ4n) is 3.83. The average molecular weight is 375 g/mol. The van der Waals surface area contributed by atoms with Crippen molar-refractivity contribution in [1.82, 2.24) is 14.9 Å². The molecular weight excluding hydrogens is 354 g/mol. The molecule has 1 amide bonds. The van der Waals surface area contributed by atoms with Gasteiger partial charge in [0.25, 0.3) is 5.91 Å². The van der Waals surface area contributed by atoms with Crippen LogP contribution in [0.3, 0.4) is 0 Å². The molecule has 4 heterocycles. The average Bonchev–Trinajstić information content (AvgIpc) is 3.37. The van der Waals surface area contributed by atoms with E-state index < -0.39 is 0 Å². The number of aryl methyl sites for hydroxylation is 2. The molecule has 142 valence electrons.